The number of thiophene rings is 1. The Morgan fingerprint density at radius 1 is 0.905 bits per heavy atom. The van der Waals surface area contributed by atoms with E-state index in [0.29, 0.717) is 30.6 Å². The summed E-state index contributed by atoms with van der Waals surface area (Å²) in [5.74, 6) is 0.582. The Morgan fingerprint density at radius 2 is 1.62 bits per heavy atom. The van der Waals surface area contributed by atoms with Crippen LogP contribution in [-0.2, 0) is 30.8 Å². The highest BCUT2D eigenvalue weighted by Gasteiger charge is 2.23. The highest BCUT2D eigenvalue weighted by molar-refractivity contribution is 7.22. The zero-order valence-corrected chi connectivity index (χ0v) is 24.8. The average Bonchev–Trinajstić information content (AvgIpc) is 3.38. The number of carboxylic acid groups (broad SMARTS) is 1. The second-order valence-corrected chi connectivity index (χ2v) is 11.3. The SMILES string of the molecule is COc1ccc(-c2sc3c(c2CN(C)Cc2ccccc2)c(=O)c(CCC(=O)O)cn3Cc2ccccc2OC)cc1. The lowest BCUT2D eigenvalue weighted by atomic mass is 10.0. The van der Waals surface area contributed by atoms with Crippen LogP contribution in [0.25, 0.3) is 20.7 Å². The molecule has 2 heterocycles. The number of pyridine rings is 1. The van der Waals surface area contributed by atoms with Crippen molar-refractivity contribution in [3.63, 3.8) is 0 Å². The van der Waals surface area contributed by atoms with Gasteiger partial charge in [0.2, 0.25) is 0 Å². The maximum atomic E-state index is 14.1. The lowest BCUT2D eigenvalue weighted by Gasteiger charge is -2.18. The molecule has 3 aromatic carbocycles. The summed E-state index contributed by atoms with van der Waals surface area (Å²) >= 11 is 1.58. The molecule has 8 heteroatoms. The molecule has 0 radical (unpaired) electrons. The summed E-state index contributed by atoms with van der Waals surface area (Å²) in [5.41, 5.74) is 4.47. The first-order valence-electron chi connectivity index (χ1n) is 13.8. The van der Waals surface area contributed by atoms with Crippen LogP contribution in [0, 0.1) is 0 Å². The van der Waals surface area contributed by atoms with Crippen LogP contribution in [0.15, 0.2) is 89.9 Å². The van der Waals surface area contributed by atoms with E-state index in [-0.39, 0.29) is 18.3 Å². The quantitative estimate of drug-likeness (QED) is 0.182. The molecule has 0 aliphatic rings. The van der Waals surface area contributed by atoms with E-state index in [4.69, 9.17) is 9.47 Å². The number of nitrogens with zero attached hydrogens (tertiary/aromatic N) is 2. The number of methoxy groups -OCH3 is 2. The molecule has 0 fully saturated rings. The van der Waals surface area contributed by atoms with Crippen LogP contribution in [0.1, 0.15) is 28.7 Å². The van der Waals surface area contributed by atoms with Crippen LogP contribution in [0.3, 0.4) is 0 Å². The van der Waals surface area contributed by atoms with Crippen LogP contribution in [-0.4, -0.2) is 41.8 Å². The zero-order chi connectivity index (χ0) is 29.6. The number of fused-ring (bicyclic) bond motifs is 1. The predicted molar refractivity (Wildman–Crippen MR) is 168 cm³/mol. The van der Waals surface area contributed by atoms with Crippen molar-refractivity contribution in [3.8, 4) is 21.9 Å². The maximum Gasteiger partial charge on any atom is 0.303 e. The number of hydrogen-bond acceptors (Lipinski definition) is 6. The van der Waals surface area contributed by atoms with E-state index in [1.807, 2.05) is 72.9 Å². The molecule has 2 aromatic heterocycles. The summed E-state index contributed by atoms with van der Waals surface area (Å²) in [6.07, 6.45) is 1.86. The van der Waals surface area contributed by atoms with E-state index < -0.39 is 5.97 Å². The monoisotopic (exact) mass is 582 g/mol. The van der Waals surface area contributed by atoms with Crippen LogP contribution < -0.4 is 14.9 Å². The summed E-state index contributed by atoms with van der Waals surface area (Å²) in [5, 5.41) is 10.1. The maximum absolute atomic E-state index is 14.1. The van der Waals surface area contributed by atoms with Crippen molar-refractivity contribution in [2.24, 2.45) is 0 Å². The molecule has 5 rings (SSSR count). The summed E-state index contributed by atoms with van der Waals surface area (Å²) < 4.78 is 13.1. The highest BCUT2D eigenvalue weighted by Crippen LogP contribution is 2.39. The van der Waals surface area contributed by atoms with Gasteiger partial charge in [-0.05, 0) is 60.5 Å². The fraction of sp³-hybridized carbons (Fsp3) is 0.235. The molecule has 216 valence electrons. The molecular weight excluding hydrogens is 548 g/mol. The number of ether oxygens (including phenoxy) is 2. The largest absolute Gasteiger partial charge is 0.497 e. The predicted octanol–water partition coefficient (Wildman–Crippen LogP) is 6.44. The number of carboxylic acids is 1. The number of aromatic nitrogens is 1. The fourth-order valence-electron chi connectivity index (χ4n) is 5.26. The number of benzene rings is 3. The van der Waals surface area contributed by atoms with Gasteiger partial charge in [-0.3, -0.25) is 14.5 Å². The molecule has 0 bridgehead atoms. The van der Waals surface area contributed by atoms with Crippen LogP contribution in [0.4, 0.5) is 0 Å². The molecule has 0 saturated heterocycles. The van der Waals surface area contributed by atoms with E-state index in [0.717, 1.165) is 37.9 Å². The van der Waals surface area contributed by atoms with Crippen LogP contribution in [0.2, 0.25) is 0 Å². The molecule has 42 heavy (non-hydrogen) atoms. The van der Waals surface area contributed by atoms with Crippen LogP contribution >= 0.6 is 11.3 Å². The topological polar surface area (TPSA) is 81.0 Å². The molecule has 1 N–H and O–H groups in total. The Hall–Kier alpha value is -4.40. The first-order chi connectivity index (χ1) is 20.4. The van der Waals surface area contributed by atoms with Gasteiger partial charge < -0.3 is 19.1 Å². The molecule has 0 atom stereocenters. The molecule has 0 aliphatic carbocycles. The molecule has 0 unspecified atom stereocenters. The summed E-state index contributed by atoms with van der Waals surface area (Å²) in [6, 6.07) is 25.9. The van der Waals surface area contributed by atoms with E-state index >= 15 is 0 Å². The van der Waals surface area contributed by atoms with E-state index in [1.54, 1.807) is 25.6 Å². The molecule has 0 amide bonds. The number of carbonyl (C=O) groups is 1. The number of aryl methyl sites for hydroxylation is 1. The third kappa shape index (κ3) is 6.40. The lowest BCUT2D eigenvalue weighted by molar-refractivity contribution is -0.136. The molecule has 5 aromatic rings. The Morgan fingerprint density at radius 3 is 2.31 bits per heavy atom. The van der Waals surface area contributed by atoms with Crippen molar-refractivity contribution in [1.82, 2.24) is 9.47 Å². The normalized spacial score (nSPS) is 11.2. The smallest absolute Gasteiger partial charge is 0.303 e. The standard InChI is InChI=1S/C34H34N2O5S/c1-35(19-23-9-5-4-6-10-23)22-28-31-32(39)26(15-18-30(37)38)21-36(20-25-11-7-8-12-29(25)41-3)34(31)42-33(28)24-13-16-27(40-2)17-14-24/h4-14,16-17,21H,15,18-20,22H2,1-3H3,(H,37,38). The van der Waals surface area contributed by atoms with E-state index in [2.05, 4.69) is 28.6 Å². The second-order valence-electron chi connectivity index (χ2n) is 10.3. The van der Waals surface area contributed by atoms with Gasteiger partial charge in [-0.25, -0.2) is 0 Å². The van der Waals surface area contributed by atoms with Gasteiger partial charge in [0.25, 0.3) is 0 Å². The lowest BCUT2D eigenvalue weighted by Crippen LogP contribution is -2.20. The van der Waals surface area contributed by atoms with Gasteiger partial charge in [0.15, 0.2) is 5.43 Å². The molecule has 0 saturated carbocycles. The number of rotatable bonds is 12. The zero-order valence-electron chi connectivity index (χ0n) is 24.0. The van der Waals surface area contributed by atoms with Crippen molar-refractivity contribution in [1.29, 1.82) is 0 Å². The third-order valence-electron chi connectivity index (χ3n) is 7.30. The van der Waals surface area contributed by atoms with Crippen molar-refractivity contribution in [3.05, 3.63) is 118 Å². The van der Waals surface area contributed by atoms with Crippen molar-refractivity contribution in [2.45, 2.75) is 32.5 Å². The first-order valence-corrected chi connectivity index (χ1v) is 14.6. The number of aliphatic carboxylic acids is 1. The molecule has 7 nitrogen and oxygen atoms in total. The van der Waals surface area contributed by atoms with Gasteiger partial charge in [-0.15, -0.1) is 11.3 Å². The van der Waals surface area contributed by atoms with E-state index in [1.165, 1.54) is 5.56 Å². The molecule has 0 aliphatic heterocycles. The minimum atomic E-state index is -0.933. The highest BCUT2D eigenvalue weighted by atomic mass is 32.1. The minimum Gasteiger partial charge on any atom is -0.497 e. The van der Waals surface area contributed by atoms with Gasteiger partial charge in [0.1, 0.15) is 16.3 Å². The van der Waals surface area contributed by atoms with Crippen LogP contribution in [0.5, 0.6) is 11.5 Å². The average molecular weight is 583 g/mol. The Bertz CT molecular complexity index is 1740. The van der Waals surface area contributed by atoms with Crippen molar-refractivity contribution < 1.29 is 19.4 Å². The summed E-state index contributed by atoms with van der Waals surface area (Å²) in [6.45, 7) is 1.74. The Kier molecular flexibility index (Phi) is 9.05. The second kappa shape index (κ2) is 13.1. The van der Waals surface area contributed by atoms with Gasteiger partial charge in [-0.2, -0.15) is 0 Å². The van der Waals surface area contributed by atoms with E-state index in [9.17, 15) is 14.7 Å². The number of para-hydroxylation sites is 1. The third-order valence-corrected chi connectivity index (χ3v) is 8.61. The summed E-state index contributed by atoms with van der Waals surface area (Å²) in [4.78, 5) is 29.7. The van der Waals surface area contributed by atoms with Gasteiger partial charge >= 0.3 is 5.97 Å². The minimum absolute atomic E-state index is 0.110. The van der Waals surface area contributed by atoms with Gasteiger partial charge in [-0.1, -0.05) is 48.5 Å². The Labute approximate surface area is 249 Å². The molecule has 0 spiro atoms. The summed E-state index contributed by atoms with van der Waals surface area (Å²) in [7, 11) is 5.34. The van der Waals surface area contributed by atoms with Gasteiger partial charge in [0, 0.05) is 41.7 Å². The van der Waals surface area contributed by atoms with Crippen molar-refractivity contribution >= 4 is 27.5 Å². The van der Waals surface area contributed by atoms with Gasteiger partial charge in [0.05, 0.1) is 26.2 Å². The number of hydrogen-bond donors (Lipinski definition) is 1. The fourth-order valence-corrected chi connectivity index (χ4v) is 6.55. The Balaban J connectivity index is 1.70. The first kappa shape index (κ1) is 29.1. The van der Waals surface area contributed by atoms with Crippen molar-refractivity contribution in [2.75, 3.05) is 21.3 Å². The molecular formula is C34H34N2O5S.